The normalized spacial score (nSPS) is 11.7. The van der Waals surface area contributed by atoms with Crippen LogP contribution in [0, 0.1) is 25.2 Å². The average Bonchev–Trinajstić information content (AvgIpc) is 2.53. The molecule has 0 spiro atoms. The monoisotopic (exact) mass is 311 g/mol. The summed E-state index contributed by atoms with van der Waals surface area (Å²) in [5, 5.41) is 9.77. The van der Waals surface area contributed by atoms with Gasteiger partial charge in [0, 0.05) is 5.56 Å². The van der Waals surface area contributed by atoms with Gasteiger partial charge in [0.05, 0.1) is 26.0 Å². The Morgan fingerprint density at radius 2 is 1.74 bits per heavy atom. The van der Waals surface area contributed by atoms with Crippen molar-refractivity contribution in [2.75, 3.05) is 14.2 Å². The highest BCUT2D eigenvalue weighted by molar-refractivity contribution is 5.45. The van der Waals surface area contributed by atoms with Gasteiger partial charge in [-0.15, -0.1) is 0 Å². The number of nitriles is 1. The standard InChI is InChI=1S/C18H21N3O2/c1-6-14-16(20-18(23-5)21-17(14)22-4)15(10-19)13-8-11(2)7-12(3)9-13/h7-9,15H,6H2,1-5H3. The largest absolute Gasteiger partial charge is 0.481 e. The molecule has 0 saturated heterocycles. The van der Waals surface area contributed by atoms with Crippen molar-refractivity contribution < 1.29 is 9.47 Å². The summed E-state index contributed by atoms with van der Waals surface area (Å²) in [5.74, 6) is -0.0340. The molecule has 0 bridgehead atoms. The van der Waals surface area contributed by atoms with Crippen LogP contribution >= 0.6 is 0 Å². The summed E-state index contributed by atoms with van der Waals surface area (Å²) >= 11 is 0. The van der Waals surface area contributed by atoms with Gasteiger partial charge in [-0.2, -0.15) is 15.2 Å². The molecule has 2 aromatic rings. The molecule has 0 aliphatic rings. The summed E-state index contributed by atoms with van der Waals surface area (Å²) in [5.41, 5.74) is 4.63. The first-order valence-corrected chi connectivity index (χ1v) is 7.50. The van der Waals surface area contributed by atoms with Gasteiger partial charge in [-0.1, -0.05) is 36.2 Å². The molecule has 0 saturated carbocycles. The van der Waals surface area contributed by atoms with Crippen molar-refractivity contribution in [2.45, 2.75) is 33.1 Å². The zero-order valence-electron chi connectivity index (χ0n) is 14.2. The molecular weight excluding hydrogens is 290 g/mol. The maximum Gasteiger partial charge on any atom is 0.319 e. The van der Waals surface area contributed by atoms with Crippen LogP contribution in [0.25, 0.3) is 0 Å². The number of ether oxygens (including phenoxy) is 2. The predicted octanol–water partition coefficient (Wildman–Crippen LogP) is 3.33. The molecule has 1 aromatic heterocycles. The third-order valence-electron chi connectivity index (χ3n) is 3.69. The van der Waals surface area contributed by atoms with Crippen LogP contribution in [0.2, 0.25) is 0 Å². The summed E-state index contributed by atoms with van der Waals surface area (Å²) in [6.45, 7) is 6.03. The zero-order chi connectivity index (χ0) is 17.0. The fourth-order valence-electron chi connectivity index (χ4n) is 2.76. The van der Waals surface area contributed by atoms with Gasteiger partial charge in [0.25, 0.3) is 0 Å². The molecule has 1 aromatic carbocycles. The Bertz CT molecular complexity index is 730. The topological polar surface area (TPSA) is 68.0 Å². The molecule has 5 heteroatoms. The highest BCUT2D eigenvalue weighted by Crippen LogP contribution is 2.32. The first kappa shape index (κ1) is 16.8. The Morgan fingerprint density at radius 3 is 2.22 bits per heavy atom. The molecular formula is C18H21N3O2. The zero-order valence-corrected chi connectivity index (χ0v) is 14.2. The third kappa shape index (κ3) is 3.42. The lowest BCUT2D eigenvalue weighted by atomic mass is 9.91. The summed E-state index contributed by atoms with van der Waals surface area (Å²) in [7, 11) is 3.06. The van der Waals surface area contributed by atoms with E-state index in [0.29, 0.717) is 18.0 Å². The van der Waals surface area contributed by atoms with Gasteiger partial charge >= 0.3 is 6.01 Å². The third-order valence-corrected chi connectivity index (χ3v) is 3.69. The summed E-state index contributed by atoms with van der Waals surface area (Å²) < 4.78 is 10.5. The number of methoxy groups -OCH3 is 2. The van der Waals surface area contributed by atoms with Crippen molar-refractivity contribution in [1.29, 1.82) is 5.26 Å². The second-order valence-corrected chi connectivity index (χ2v) is 5.42. The van der Waals surface area contributed by atoms with E-state index in [1.807, 2.05) is 32.9 Å². The Labute approximate surface area is 136 Å². The summed E-state index contributed by atoms with van der Waals surface area (Å²) in [4.78, 5) is 8.66. The molecule has 0 amide bonds. The van der Waals surface area contributed by atoms with Crippen LogP contribution < -0.4 is 9.47 Å². The molecule has 2 rings (SSSR count). The van der Waals surface area contributed by atoms with Gasteiger partial charge in [-0.25, -0.2) is 0 Å². The van der Waals surface area contributed by atoms with Crippen LogP contribution in [0.3, 0.4) is 0 Å². The molecule has 5 nitrogen and oxygen atoms in total. The van der Waals surface area contributed by atoms with Gasteiger partial charge in [0.2, 0.25) is 5.88 Å². The highest BCUT2D eigenvalue weighted by Gasteiger charge is 2.24. The maximum atomic E-state index is 9.77. The first-order chi connectivity index (χ1) is 11.0. The molecule has 120 valence electrons. The van der Waals surface area contributed by atoms with Crippen LogP contribution in [0.15, 0.2) is 18.2 Å². The first-order valence-electron chi connectivity index (χ1n) is 7.50. The van der Waals surface area contributed by atoms with Crippen molar-refractivity contribution >= 4 is 0 Å². The average molecular weight is 311 g/mol. The fourth-order valence-corrected chi connectivity index (χ4v) is 2.76. The lowest BCUT2D eigenvalue weighted by molar-refractivity contribution is 0.346. The highest BCUT2D eigenvalue weighted by atomic mass is 16.5. The number of aromatic nitrogens is 2. The van der Waals surface area contributed by atoms with Crippen LogP contribution in [0.4, 0.5) is 0 Å². The number of hydrogen-bond acceptors (Lipinski definition) is 5. The van der Waals surface area contributed by atoms with E-state index in [1.165, 1.54) is 7.11 Å². The Kier molecular flexibility index (Phi) is 5.17. The van der Waals surface area contributed by atoms with E-state index in [1.54, 1.807) is 7.11 Å². The number of benzene rings is 1. The Hall–Kier alpha value is -2.61. The molecule has 0 fully saturated rings. The van der Waals surface area contributed by atoms with Gasteiger partial charge in [-0.05, 0) is 25.8 Å². The van der Waals surface area contributed by atoms with Crippen LogP contribution in [-0.4, -0.2) is 24.2 Å². The van der Waals surface area contributed by atoms with E-state index in [9.17, 15) is 5.26 Å². The van der Waals surface area contributed by atoms with Gasteiger partial charge < -0.3 is 9.47 Å². The number of hydrogen-bond donors (Lipinski definition) is 0. The van der Waals surface area contributed by atoms with Crippen molar-refractivity contribution in [2.24, 2.45) is 0 Å². The Morgan fingerprint density at radius 1 is 1.09 bits per heavy atom. The molecule has 0 aliphatic carbocycles. The molecule has 0 aliphatic heterocycles. The van der Waals surface area contributed by atoms with E-state index >= 15 is 0 Å². The minimum atomic E-state index is -0.491. The van der Waals surface area contributed by atoms with E-state index < -0.39 is 5.92 Å². The molecule has 1 unspecified atom stereocenters. The summed E-state index contributed by atoms with van der Waals surface area (Å²) in [6, 6.07) is 8.69. The smallest absolute Gasteiger partial charge is 0.319 e. The second-order valence-electron chi connectivity index (χ2n) is 5.42. The SMILES string of the molecule is CCc1c(OC)nc(OC)nc1C(C#N)c1cc(C)cc(C)c1. The van der Waals surface area contributed by atoms with E-state index in [2.05, 4.69) is 22.1 Å². The second kappa shape index (κ2) is 7.10. The number of nitrogens with zero attached hydrogens (tertiary/aromatic N) is 3. The van der Waals surface area contributed by atoms with E-state index in [4.69, 9.17) is 9.47 Å². The molecule has 0 radical (unpaired) electrons. The number of aryl methyl sites for hydroxylation is 2. The minimum absolute atomic E-state index is 0.207. The maximum absolute atomic E-state index is 9.77. The van der Waals surface area contributed by atoms with Crippen LogP contribution in [0.5, 0.6) is 11.9 Å². The van der Waals surface area contributed by atoms with Crippen molar-refractivity contribution in [3.05, 3.63) is 46.1 Å². The van der Waals surface area contributed by atoms with E-state index in [-0.39, 0.29) is 6.01 Å². The van der Waals surface area contributed by atoms with Crippen molar-refractivity contribution in [3.63, 3.8) is 0 Å². The van der Waals surface area contributed by atoms with E-state index in [0.717, 1.165) is 22.3 Å². The molecule has 23 heavy (non-hydrogen) atoms. The summed E-state index contributed by atoms with van der Waals surface area (Å²) in [6.07, 6.45) is 0.672. The van der Waals surface area contributed by atoms with Crippen molar-refractivity contribution in [3.8, 4) is 18.0 Å². The molecule has 0 N–H and O–H groups in total. The quantitative estimate of drug-likeness (QED) is 0.847. The van der Waals surface area contributed by atoms with Gasteiger partial charge in [-0.3, -0.25) is 0 Å². The predicted molar refractivity (Wildman–Crippen MR) is 87.9 cm³/mol. The van der Waals surface area contributed by atoms with Crippen molar-refractivity contribution in [1.82, 2.24) is 9.97 Å². The molecule has 1 atom stereocenters. The molecule has 1 heterocycles. The lowest BCUT2D eigenvalue weighted by Gasteiger charge is -2.17. The Balaban J connectivity index is 2.67. The van der Waals surface area contributed by atoms with Gasteiger partial charge in [0.15, 0.2) is 0 Å². The minimum Gasteiger partial charge on any atom is -0.481 e. The van der Waals surface area contributed by atoms with Crippen LogP contribution in [-0.2, 0) is 6.42 Å². The lowest BCUT2D eigenvalue weighted by Crippen LogP contribution is -2.10. The number of rotatable bonds is 5. The van der Waals surface area contributed by atoms with Gasteiger partial charge in [0.1, 0.15) is 5.92 Å². The van der Waals surface area contributed by atoms with Crippen LogP contribution in [0.1, 0.15) is 40.8 Å². The fraction of sp³-hybridized carbons (Fsp3) is 0.389.